The van der Waals surface area contributed by atoms with Gasteiger partial charge in [0.2, 0.25) is 0 Å². The maximum absolute atomic E-state index is 12.9. The largest absolute Gasteiger partial charge is 0.459 e. The van der Waals surface area contributed by atoms with Gasteiger partial charge in [-0.05, 0) is 58.7 Å². The summed E-state index contributed by atoms with van der Waals surface area (Å²) in [5, 5.41) is 0. The lowest BCUT2D eigenvalue weighted by molar-refractivity contribution is -0.161. The van der Waals surface area contributed by atoms with E-state index >= 15 is 0 Å². The summed E-state index contributed by atoms with van der Waals surface area (Å²) in [5.41, 5.74) is 0.735. The number of rotatable bonds is 10. The Bertz CT molecular complexity index is 456. The van der Waals surface area contributed by atoms with Crippen LogP contribution in [0.2, 0.25) is 0 Å². The van der Waals surface area contributed by atoms with Crippen molar-refractivity contribution in [2.24, 2.45) is 0 Å². The van der Waals surface area contributed by atoms with Crippen LogP contribution in [0.3, 0.4) is 0 Å². The van der Waals surface area contributed by atoms with Crippen molar-refractivity contribution >= 4 is 5.97 Å². The highest BCUT2D eigenvalue weighted by molar-refractivity contribution is 5.76. The van der Waals surface area contributed by atoms with Gasteiger partial charge in [-0.15, -0.1) is 0 Å². The van der Waals surface area contributed by atoms with Gasteiger partial charge in [0.1, 0.15) is 11.6 Å². The average molecular weight is 334 g/mol. The lowest BCUT2D eigenvalue weighted by Crippen LogP contribution is -2.46. The highest BCUT2D eigenvalue weighted by atomic mass is 16.6. The van der Waals surface area contributed by atoms with Crippen molar-refractivity contribution in [3.63, 3.8) is 0 Å². The fraction of sp³-hybridized carbons (Fsp3) is 0.667. The zero-order valence-corrected chi connectivity index (χ0v) is 16.2. The minimum absolute atomic E-state index is 0.0986. The molecule has 136 valence electrons. The maximum atomic E-state index is 12.9. The molecule has 0 aliphatic rings. The molecule has 3 heteroatoms. The van der Waals surface area contributed by atoms with Crippen molar-refractivity contribution in [1.29, 1.82) is 0 Å². The van der Waals surface area contributed by atoms with Crippen LogP contribution in [-0.2, 0) is 16.0 Å². The van der Waals surface area contributed by atoms with Crippen molar-refractivity contribution in [3.8, 4) is 0 Å². The van der Waals surface area contributed by atoms with E-state index in [1.54, 1.807) is 0 Å². The fourth-order valence-electron chi connectivity index (χ4n) is 2.71. The molecule has 0 aliphatic carbocycles. The lowest BCUT2D eigenvalue weighted by Gasteiger charge is -2.32. The van der Waals surface area contributed by atoms with Crippen LogP contribution >= 0.6 is 0 Å². The summed E-state index contributed by atoms with van der Waals surface area (Å²) in [6, 6.07) is 10.1. The van der Waals surface area contributed by atoms with Crippen LogP contribution in [0, 0.1) is 0 Å². The standard InChI is InChI=1S/C21H35NO2/c1-6-8-15-22(16-9-7-2)19(20(23)24-21(3,4)5)17-18-13-11-10-12-14-18/h10-14,19H,6-9,15-17H2,1-5H3/t19-/m0/s1. The second-order valence-electron chi connectivity index (χ2n) is 7.48. The summed E-state index contributed by atoms with van der Waals surface area (Å²) in [6.45, 7) is 12.1. The first-order chi connectivity index (χ1) is 11.4. The van der Waals surface area contributed by atoms with E-state index in [0.29, 0.717) is 6.42 Å². The fourth-order valence-corrected chi connectivity index (χ4v) is 2.71. The Morgan fingerprint density at radius 1 is 1.04 bits per heavy atom. The van der Waals surface area contributed by atoms with E-state index in [1.807, 2.05) is 39.0 Å². The maximum Gasteiger partial charge on any atom is 0.324 e. The summed E-state index contributed by atoms with van der Waals surface area (Å²) in [4.78, 5) is 15.2. The molecule has 3 nitrogen and oxygen atoms in total. The predicted molar refractivity (Wildman–Crippen MR) is 101 cm³/mol. The van der Waals surface area contributed by atoms with Crippen molar-refractivity contribution in [1.82, 2.24) is 4.90 Å². The third-order valence-corrected chi connectivity index (χ3v) is 3.99. The first-order valence-corrected chi connectivity index (χ1v) is 9.38. The van der Waals surface area contributed by atoms with E-state index < -0.39 is 5.60 Å². The molecule has 0 heterocycles. The van der Waals surface area contributed by atoms with Crippen LogP contribution in [0.4, 0.5) is 0 Å². The van der Waals surface area contributed by atoms with Gasteiger partial charge in [-0.25, -0.2) is 0 Å². The summed E-state index contributed by atoms with van der Waals surface area (Å²) >= 11 is 0. The van der Waals surface area contributed by atoms with Gasteiger partial charge < -0.3 is 4.74 Å². The molecule has 0 unspecified atom stereocenters. The van der Waals surface area contributed by atoms with Crippen molar-refractivity contribution in [2.45, 2.75) is 78.4 Å². The quantitative estimate of drug-likeness (QED) is 0.574. The van der Waals surface area contributed by atoms with E-state index in [1.165, 1.54) is 5.56 Å². The molecule has 24 heavy (non-hydrogen) atoms. The number of carbonyl (C=O) groups is 1. The van der Waals surface area contributed by atoms with Gasteiger partial charge in [-0.1, -0.05) is 57.0 Å². The van der Waals surface area contributed by atoms with E-state index in [0.717, 1.165) is 38.8 Å². The molecule has 1 aromatic carbocycles. The molecule has 1 aromatic rings. The molecule has 0 fully saturated rings. The number of hydrogen-bond acceptors (Lipinski definition) is 3. The molecule has 1 rings (SSSR count). The zero-order chi connectivity index (χ0) is 18.0. The Kier molecular flexibility index (Phi) is 9.05. The molecule has 0 N–H and O–H groups in total. The molecule has 0 bridgehead atoms. The molecule has 0 saturated carbocycles. The summed E-state index contributed by atoms with van der Waals surface area (Å²) in [5.74, 6) is -0.0986. The number of carbonyl (C=O) groups excluding carboxylic acids is 1. The van der Waals surface area contributed by atoms with Crippen LogP contribution in [-0.4, -0.2) is 35.6 Å². The number of unbranched alkanes of at least 4 members (excludes halogenated alkanes) is 2. The van der Waals surface area contributed by atoms with Gasteiger partial charge in [0.05, 0.1) is 0 Å². The van der Waals surface area contributed by atoms with Gasteiger partial charge in [0.15, 0.2) is 0 Å². The van der Waals surface area contributed by atoms with Gasteiger partial charge in [-0.2, -0.15) is 0 Å². The third-order valence-electron chi connectivity index (χ3n) is 3.99. The summed E-state index contributed by atoms with van der Waals surface area (Å²) in [7, 11) is 0. The molecule has 0 aromatic heterocycles. The molecule has 0 saturated heterocycles. The van der Waals surface area contributed by atoms with Crippen LogP contribution in [0.25, 0.3) is 0 Å². The van der Waals surface area contributed by atoms with Gasteiger partial charge in [0, 0.05) is 0 Å². The van der Waals surface area contributed by atoms with Crippen LogP contribution in [0.1, 0.15) is 65.9 Å². The van der Waals surface area contributed by atoms with Crippen LogP contribution in [0.5, 0.6) is 0 Å². The Labute approximate surface area is 148 Å². The van der Waals surface area contributed by atoms with Gasteiger partial charge >= 0.3 is 5.97 Å². The Hall–Kier alpha value is -1.35. The topological polar surface area (TPSA) is 29.5 Å². The van der Waals surface area contributed by atoms with Crippen LogP contribution < -0.4 is 0 Å². The van der Waals surface area contributed by atoms with Crippen molar-refractivity contribution < 1.29 is 9.53 Å². The third kappa shape index (κ3) is 7.96. The molecular formula is C21H35NO2. The summed E-state index contributed by atoms with van der Waals surface area (Å²) in [6.07, 6.45) is 5.20. The Balaban J connectivity index is 2.96. The highest BCUT2D eigenvalue weighted by Gasteiger charge is 2.30. The normalized spacial score (nSPS) is 13.1. The van der Waals surface area contributed by atoms with E-state index in [4.69, 9.17) is 4.74 Å². The second kappa shape index (κ2) is 10.5. The number of hydrogen-bond donors (Lipinski definition) is 0. The van der Waals surface area contributed by atoms with Crippen molar-refractivity contribution in [3.05, 3.63) is 35.9 Å². The minimum Gasteiger partial charge on any atom is -0.459 e. The van der Waals surface area contributed by atoms with Gasteiger partial charge in [0.25, 0.3) is 0 Å². The smallest absolute Gasteiger partial charge is 0.324 e. The first-order valence-electron chi connectivity index (χ1n) is 9.38. The lowest BCUT2D eigenvalue weighted by atomic mass is 10.0. The average Bonchev–Trinajstić information content (AvgIpc) is 2.52. The van der Waals surface area contributed by atoms with Crippen LogP contribution in [0.15, 0.2) is 30.3 Å². The molecule has 1 atom stereocenters. The first kappa shape index (κ1) is 20.7. The Morgan fingerprint density at radius 3 is 2.04 bits per heavy atom. The summed E-state index contributed by atoms with van der Waals surface area (Å²) < 4.78 is 5.73. The Morgan fingerprint density at radius 2 is 1.58 bits per heavy atom. The molecule has 0 aliphatic heterocycles. The van der Waals surface area contributed by atoms with E-state index in [9.17, 15) is 4.79 Å². The monoisotopic (exact) mass is 333 g/mol. The number of benzene rings is 1. The molecule has 0 radical (unpaired) electrons. The van der Waals surface area contributed by atoms with Crippen molar-refractivity contribution in [2.75, 3.05) is 13.1 Å². The number of esters is 1. The number of ether oxygens (including phenoxy) is 1. The SMILES string of the molecule is CCCCN(CCCC)[C@@H](Cc1ccccc1)C(=O)OC(C)(C)C. The molecular weight excluding hydrogens is 298 g/mol. The number of nitrogens with zero attached hydrogens (tertiary/aromatic N) is 1. The van der Waals surface area contributed by atoms with E-state index in [-0.39, 0.29) is 12.0 Å². The zero-order valence-electron chi connectivity index (χ0n) is 16.2. The minimum atomic E-state index is -0.451. The second-order valence-corrected chi connectivity index (χ2v) is 7.48. The molecule has 0 amide bonds. The van der Waals surface area contributed by atoms with Gasteiger partial charge in [-0.3, -0.25) is 9.69 Å². The highest BCUT2D eigenvalue weighted by Crippen LogP contribution is 2.17. The molecule has 0 spiro atoms. The van der Waals surface area contributed by atoms with E-state index in [2.05, 4.69) is 30.9 Å². The predicted octanol–water partition coefficient (Wildman–Crippen LogP) is 4.84.